The lowest BCUT2D eigenvalue weighted by atomic mass is 10.1. The fourth-order valence-corrected chi connectivity index (χ4v) is 1.22. The summed E-state index contributed by atoms with van der Waals surface area (Å²) < 4.78 is 5.10. The highest BCUT2D eigenvalue weighted by atomic mass is 32.1. The van der Waals surface area contributed by atoms with Crippen molar-refractivity contribution in [3.63, 3.8) is 0 Å². The molecule has 0 saturated heterocycles. The molecule has 0 aromatic carbocycles. The molecule has 13 heavy (non-hydrogen) atoms. The van der Waals surface area contributed by atoms with E-state index in [1.807, 2.05) is 6.92 Å². The zero-order valence-corrected chi connectivity index (χ0v) is 9.38. The van der Waals surface area contributed by atoms with Crippen LogP contribution in [0.15, 0.2) is 0 Å². The first-order valence-corrected chi connectivity index (χ1v) is 5.17. The number of ether oxygens (including phenoxy) is 1. The molecule has 0 bridgehead atoms. The van der Waals surface area contributed by atoms with E-state index in [0.29, 0.717) is 11.7 Å². The number of nitrogens with two attached hydrogens (primary N) is 1. The van der Waals surface area contributed by atoms with Crippen molar-refractivity contribution < 1.29 is 9.53 Å². The van der Waals surface area contributed by atoms with Crippen LogP contribution in [0.5, 0.6) is 0 Å². The van der Waals surface area contributed by atoms with E-state index in [4.69, 9.17) is 10.5 Å². The van der Waals surface area contributed by atoms with E-state index in [1.165, 1.54) is 0 Å². The van der Waals surface area contributed by atoms with E-state index in [-0.39, 0.29) is 12.1 Å². The molecule has 0 amide bonds. The van der Waals surface area contributed by atoms with E-state index in [2.05, 4.69) is 26.5 Å². The molecule has 0 aliphatic heterocycles. The molecule has 3 nitrogen and oxygen atoms in total. The van der Waals surface area contributed by atoms with Crippen molar-refractivity contribution in [3.8, 4) is 0 Å². The van der Waals surface area contributed by atoms with Gasteiger partial charge in [-0.1, -0.05) is 13.8 Å². The van der Waals surface area contributed by atoms with Gasteiger partial charge in [0.25, 0.3) is 0 Å². The van der Waals surface area contributed by atoms with Crippen LogP contribution in [0.25, 0.3) is 0 Å². The van der Waals surface area contributed by atoms with Crippen LogP contribution in [0.2, 0.25) is 0 Å². The van der Waals surface area contributed by atoms with Crippen LogP contribution < -0.4 is 5.73 Å². The minimum atomic E-state index is -0.599. The second-order valence-corrected chi connectivity index (χ2v) is 4.03. The number of hydrogen-bond donors (Lipinski definition) is 2. The number of rotatable bonds is 5. The van der Waals surface area contributed by atoms with Crippen molar-refractivity contribution in [2.75, 3.05) is 5.75 Å². The van der Waals surface area contributed by atoms with Crippen LogP contribution in [0.4, 0.5) is 0 Å². The van der Waals surface area contributed by atoms with Crippen molar-refractivity contribution >= 4 is 18.6 Å². The third-order valence-corrected chi connectivity index (χ3v) is 2.01. The Kier molecular flexibility index (Phi) is 6.16. The van der Waals surface area contributed by atoms with Gasteiger partial charge in [0, 0.05) is 5.75 Å². The monoisotopic (exact) mass is 205 g/mol. The van der Waals surface area contributed by atoms with Gasteiger partial charge >= 0.3 is 5.97 Å². The third-order valence-electron chi connectivity index (χ3n) is 1.62. The second-order valence-electron chi connectivity index (χ2n) is 3.67. The molecule has 0 aromatic rings. The van der Waals surface area contributed by atoms with Crippen LogP contribution in [-0.4, -0.2) is 23.9 Å². The van der Waals surface area contributed by atoms with E-state index in [1.54, 1.807) is 0 Å². The first kappa shape index (κ1) is 12.8. The third kappa shape index (κ3) is 5.93. The molecule has 0 spiro atoms. The predicted molar refractivity (Wildman–Crippen MR) is 56.8 cm³/mol. The number of carbonyl (C=O) groups is 1. The topological polar surface area (TPSA) is 52.3 Å². The first-order valence-electron chi connectivity index (χ1n) is 4.54. The number of carbonyl (C=O) groups excluding carboxylic acids is 1. The van der Waals surface area contributed by atoms with Crippen LogP contribution in [-0.2, 0) is 9.53 Å². The van der Waals surface area contributed by atoms with Gasteiger partial charge in [-0.3, -0.25) is 4.79 Å². The largest absolute Gasteiger partial charge is 0.461 e. The van der Waals surface area contributed by atoms with Crippen LogP contribution in [0, 0.1) is 5.92 Å². The summed E-state index contributed by atoms with van der Waals surface area (Å²) in [7, 11) is 0. The Labute approximate surface area is 85.4 Å². The smallest absolute Gasteiger partial charge is 0.324 e. The number of hydrogen-bond acceptors (Lipinski definition) is 4. The molecule has 0 saturated carbocycles. The maximum Gasteiger partial charge on any atom is 0.324 e. The Bertz CT molecular complexity index is 162. The second kappa shape index (κ2) is 6.27. The highest BCUT2D eigenvalue weighted by molar-refractivity contribution is 7.80. The van der Waals surface area contributed by atoms with Crippen molar-refractivity contribution in [2.45, 2.75) is 39.3 Å². The minimum absolute atomic E-state index is 0.0570. The van der Waals surface area contributed by atoms with Gasteiger partial charge in [0.2, 0.25) is 0 Å². The Balaban J connectivity index is 3.77. The summed E-state index contributed by atoms with van der Waals surface area (Å²) in [5.41, 5.74) is 5.44. The molecule has 4 heteroatoms. The van der Waals surface area contributed by atoms with Crippen molar-refractivity contribution in [3.05, 3.63) is 0 Å². The Morgan fingerprint density at radius 1 is 1.46 bits per heavy atom. The maximum atomic E-state index is 11.2. The molecule has 2 unspecified atom stereocenters. The summed E-state index contributed by atoms with van der Waals surface area (Å²) in [6.45, 7) is 6.05. The Hall–Kier alpha value is -0.220. The van der Waals surface area contributed by atoms with Gasteiger partial charge in [0.1, 0.15) is 6.04 Å². The molecule has 2 atom stereocenters. The summed E-state index contributed by atoms with van der Waals surface area (Å²) in [4.78, 5) is 11.2. The van der Waals surface area contributed by atoms with E-state index in [0.717, 1.165) is 6.42 Å². The standard InChI is InChI=1S/C9H19NO2S/c1-6(2)4-7(3)12-9(11)8(10)5-13/h6-8,13H,4-5,10H2,1-3H3. The minimum Gasteiger partial charge on any atom is -0.461 e. The van der Waals surface area contributed by atoms with Crippen LogP contribution >= 0.6 is 12.6 Å². The van der Waals surface area contributed by atoms with E-state index < -0.39 is 6.04 Å². The summed E-state index contributed by atoms with van der Waals surface area (Å²) in [6, 6.07) is -0.599. The maximum absolute atomic E-state index is 11.2. The van der Waals surface area contributed by atoms with Crippen molar-refractivity contribution in [1.82, 2.24) is 0 Å². The van der Waals surface area contributed by atoms with Crippen molar-refractivity contribution in [2.24, 2.45) is 11.7 Å². The Morgan fingerprint density at radius 2 is 2.00 bits per heavy atom. The lowest BCUT2D eigenvalue weighted by Crippen LogP contribution is -2.36. The van der Waals surface area contributed by atoms with Gasteiger partial charge < -0.3 is 10.5 Å². The van der Waals surface area contributed by atoms with Gasteiger partial charge in [-0.05, 0) is 19.3 Å². The Morgan fingerprint density at radius 3 is 2.38 bits per heavy atom. The lowest BCUT2D eigenvalue weighted by Gasteiger charge is -2.17. The summed E-state index contributed by atoms with van der Waals surface area (Å²) in [5, 5.41) is 0. The molecule has 0 aliphatic carbocycles. The van der Waals surface area contributed by atoms with Gasteiger partial charge in [-0.25, -0.2) is 0 Å². The van der Waals surface area contributed by atoms with Crippen molar-refractivity contribution in [1.29, 1.82) is 0 Å². The molecule has 0 heterocycles. The van der Waals surface area contributed by atoms with E-state index >= 15 is 0 Å². The molecule has 0 aliphatic rings. The summed E-state index contributed by atoms with van der Waals surface area (Å²) in [5.74, 6) is 0.492. The van der Waals surface area contributed by atoms with Gasteiger partial charge in [-0.15, -0.1) is 0 Å². The predicted octanol–water partition coefficient (Wildman–Crippen LogP) is 1.22. The molecular formula is C9H19NO2S. The van der Waals surface area contributed by atoms with Crippen LogP contribution in [0.3, 0.4) is 0 Å². The fourth-order valence-electron chi connectivity index (χ4n) is 1.07. The average Bonchev–Trinajstić information content (AvgIpc) is 2.01. The molecule has 0 fully saturated rings. The van der Waals surface area contributed by atoms with Gasteiger partial charge in [0.05, 0.1) is 6.10 Å². The normalized spacial score (nSPS) is 15.5. The summed E-state index contributed by atoms with van der Waals surface area (Å²) >= 11 is 3.92. The molecule has 78 valence electrons. The molecule has 0 radical (unpaired) electrons. The quantitative estimate of drug-likeness (QED) is 0.524. The molecular weight excluding hydrogens is 186 g/mol. The van der Waals surface area contributed by atoms with Gasteiger partial charge in [-0.2, -0.15) is 12.6 Å². The fraction of sp³-hybridized carbons (Fsp3) is 0.889. The highest BCUT2D eigenvalue weighted by Crippen LogP contribution is 2.08. The van der Waals surface area contributed by atoms with Gasteiger partial charge in [0.15, 0.2) is 0 Å². The summed E-state index contributed by atoms with van der Waals surface area (Å²) in [6.07, 6.45) is 0.809. The molecule has 0 aromatic heterocycles. The molecule has 0 rings (SSSR count). The highest BCUT2D eigenvalue weighted by Gasteiger charge is 2.16. The SMILES string of the molecule is CC(C)CC(C)OC(=O)C(N)CS. The average molecular weight is 205 g/mol. The number of esters is 1. The number of thiol groups is 1. The zero-order valence-electron chi connectivity index (χ0n) is 8.49. The zero-order chi connectivity index (χ0) is 10.4. The lowest BCUT2D eigenvalue weighted by molar-refractivity contribution is -0.149. The van der Waals surface area contributed by atoms with E-state index in [9.17, 15) is 4.79 Å². The first-order chi connectivity index (χ1) is 5.97. The molecule has 2 N–H and O–H groups in total. The van der Waals surface area contributed by atoms with Crippen LogP contribution in [0.1, 0.15) is 27.2 Å².